The van der Waals surface area contributed by atoms with Crippen molar-refractivity contribution in [3.05, 3.63) is 42.5 Å². The van der Waals surface area contributed by atoms with Gasteiger partial charge in [-0.2, -0.15) is 10.4 Å². The Balaban J connectivity index is 2.39. The number of fused-ring (bicyclic) bond motifs is 1. The molecule has 2 aromatic rings. The van der Waals surface area contributed by atoms with Gasteiger partial charge >= 0.3 is 0 Å². The maximum absolute atomic E-state index is 10.8. The molecule has 2 aromatic carbocycles. The molecule has 1 amide bonds. The van der Waals surface area contributed by atoms with Crippen molar-refractivity contribution >= 4 is 28.1 Å². The van der Waals surface area contributed by atoms with E-state index in [1.54, 1.807) is 6.07 Å². The topological polar surface area (TPSA) is 91.3 Å². The van der Waals surface area contributed by atoms with Gasteiger partial charge in [-0.15, -0.1) is 0 Å². The van der Waals surface area contributed by atoms with Crippen molar-refractivity contribution in [2.45, 2.75) is 0 Å². The minimum absolute atomic E-state index is 0.358. The molecule has 5 heteroatoms. The zero-order valence-electron chi connectivity index (χ0n) is 9.42. The van der Waals surface area contributed by atoms with E-state index >= 15 is 0 Å². The molecule has 0 aliphatic rings. The fourth-order valence-electron chi connectivity index (χ4n) is 1.57. The third-order valence-corrected chi connectivity index (χ3v) is 2.42. The van der Waals surface area contributed by atoms with E-state index in [1.165, 1.54) is 0 Å². The predicted octanol–water partition coefficient (Wildman–Crippen LogP) is 1.62. The fourth-order valence-corrected chi connectivity index (χ4v) is 1.57. The summed E-state index contributed by atoms with van der Waals surface area (Å²) in [5.74, 6) is -0.856. The molecule has 0 saturated carbocycles. The van der Waals surface area contributed by atoms with Gasteiger partial charge < -0.3 is 5.73 Å². The van der Waals surface area contributed by atoms with Crippen LogP contribution >= 0.6 is 0 Å². The molecule has 0 spiro atoms. The van der Waals surface area contributed by atoms with E-state index in [4.69, 9.17) is 11.0 Å². The largest absolute Gasteiger partial charge is 0.364 e. The molecular formula is C13H10N4O. The second-order valence-corrected chi connectivity index (χ2v) is 3.57. The van der Waals surface area contributed by atoms with Crippen molar-refractivity contribution in [2.75, 3.05) is 5.43 Å². The van der Waals surface area contributed by atoms with Gasteiger partial charge in [0, 0.05) is 5.39 Å². The number of nitrogens with zero attached hydrogens (tertiary/aromatic N) is 2. The zero-order valence-corrected chi connectivity index (χ0v) is 9.42. The van der Waals surface area contributed by atoms with Crippen LogP contribution in [0.4, 0.5) is 5.69 Å². The minimum Gasteiger partial charge on any atom is -0.364 e. The number of hydrogen-bond donors (Lipinski definition) is 2. The van der Waals surface area contributed by atoms with E-state index in [9.17, 15) is 4.79 Å². The van der Waals surface area contributed by atoms with Crippen LogP contribution in [-0.2, 0) is 4.79 Å². The van der Waals surface area contributed by atoms with Crippen LogP contribution in [0.25, 0.3) is 10.8 Å². The predicted molar refractivity (Wildman–Crippen MR) is 69.8 cm³/mol. The number of nitrogens with one attached hydrogen (secondary N) is 1. The van der Waals surface area contributed by atoms with Crippen LogP contribution in [0.5, 0.6) is 0 Å². The Morgan fingerprint density at radius 1 is 1.22 bits per heavy atom. The van der Waals surface area contributed by atoms with Gasteiger partial charge in [0.25, 0.3) is 5.91 Å². The van der Waals surface area contributed by atoms with E-state index < -0.39 is 5.91 Å². The second-order valence-electron chi connectivity index (χ2n) is 3.57. The fraction of sp³-hybridized carbons (Fsp3) is 0. The van der Waals surface area contributed by atoms with E-state index in [0.717, 1.165) is 10.8 Å². The van der Waals surface area contributed by atoms with Crippen molar-refractivity contribution < 1.29 is 4.79 Å². The summed E-state index contributed by atoms with van der Waals surface area (Å²) in [6, 6.07) is 15.0. The molecule has 0 unspecified atom stereocenters. The van der Waals surface area contributed by atoms with Gasteiger partial charge in [-0.3, -0.25) is 10.2 Å². The first-order chi connectivity index (χ1) is 8.72. The molecule has 2 rings (SSSR count). The summed E-state index contributed by atoms with van der Waals surface area (Å²) >= 11 is 0. The van der Waals surface area contributed by atoms with Gasteiger partial charge in [0.05, 0.1) is 5.69 Å². The van der Waals surface area contributed by atoms with Crippen LogP contribution in [-0.4, -0.2) is 11.6 Å². The molecule has 0 radical (unpaired) electrons. The third-order valence-electron chi connectivity index (χ3n) is 2.42. The van der Waals surface area contributed by atoms with E-state index in [0.29, 0.717) is 5.69 Å². The molecule has 0 atom stereocenters. The van der Waals surface area contributed by atoms with Gasteiger partial charge in [0.15, 0.2) is 0 Å². The highest BCUT2D eigenvalue weighted by Crippen LogP contribution is 2.22. The Morgan fingerprint density at radius 3 is 2.67 bits per heavy atom. The van der Waals surface area contributed by atoms with Gasteiger partial charge in [-0.1, -0.05) is 36.4 Å². The molecule has 5 nitrogen and oxygen atoms in total. The number of carbonyl (C=O) groups is 1. The average Bonchev–Trinajstić information content (AvgIpc) is 2.39. The first-order valence-corrected chi connectivity index (χ1v) is 5.23. The standard InChI is InChI=1S/C13H10N4O/c14-8-12(13(15)18)17-16-11-7-3-5-9-4-1-2-6-10(9)11/h1-7,16H,(H2,15,18). The van der Waals surface area contributed by atoms with Crippen molar-refractivity contribution in [1.29, 1.82) is 5.26 Å². The number of carbonyl (C=O) groups excluding carboxylic acids is 1. The number of nitriles is 1. The Hall–Kier alpha value is -2.87. The second kappa shape index (κ2) is 4.97. The smallest absolute Gasteiger partial charge is 0.280 e. The number of rotatable bonds is 3. The summed E-state index contributed by atoms with van der Waals surface area (Å²) in [6.45, 7) is 0. The molecule has 88 valence electrons. The number of hydrogen-bond acceptors (Lipinski definition) is 4. The number of primary amides is 1. The molecule has 0 aromatic heterocycles. The van der Waals surface area contributed by atoms with Crippen molar-refractivity contribution in [3.8, 4) is 6.07 Å². The van der Waals surface area contributed by atoms with Crippen LogP contribution in [0.2, 0.25) is 0 Å². The highest BCUT2D eigenvalue weighted by molar-refractivity contribution is 6.44. The lowest BCUT2D eigenvalue weighted by molar-refractivity contribution is -0.111. The molecule has 0 heterocycles. The van der Waals surface area contributed by atoms with E-state index in [2.05, 4.69) is 10.5 Å². The molecule has 0 bridgehead atoms. The molecule has 0 aliphatic heterocycles. The summed E-state index contributed by atoms with van der Waals surface area (Å²) in [5.41, 5.74) is 8.03. The first kappa shape index (κ1) is 11.6. The summed E-state index contributed by atoms with van der Waals surface area (Å²) in [6.07, 6.45) is 0. The van der Waals surface area contributed by atoms with Crippen molar-refractivity contribution in [1.82, 2.24) is 0 Å². The molecule has 3 N–H and O–H groups in total. The maximum atomic E-state index is 10.8. The maximum Gasteiger partial charge on any atom is 0.280 e. The number of nitrogens with two attached hydrogens (primary N) is 1. The lowest BCUT2D eigenvalue weighted by atomic mass is 10.1. The zero-order chi connectivity index (χ0) is 13.0. The highest BCUT2D eigenvalue weighted by atomic mass is 16.1. The Morgan fingerprint density at radius 2 is 1.94 bits per heavy atom. The number of benzene rings is 2. The van der Waals surface area contributed by atoms with Gasteiger partial charge in [-0.05, 0) is 11.5 Å². The average molecular weight is 238 g/mol. The quantitative estimate of drug-likeness (QED) is 0.628. The third kappa shape index (κ3) is 2.28. The monoisotopic (exact) mass is 238 g/mol. The van der Waals surface area contributed by atoms with Crippen LogP contribution in [0.1, 0.15) is 0 Å². The van der Waals surface area contributed by atoms with Crippen molar-refractivity contribution in [2.24, 2.45) is 10.8 Å². The number of hydrazone groups is 1. The molecular weight excluding hydrogens is 228 g/mol. The van der Waals surface area contributed by atoms with E-state index in [-0.39, 0.29) is 5.71 Å². The Labute approximate surface area is 104 Å². The van der Waals surface area contributed by atoms with Crippen LogP contribution in [0.3, 0.4) is 0 Å². The van der Waals surface area contributed by atoms with Gasteiger partial charge in [0.1, 0.15) is 6.07 Å². The summed E-state index contributed by atoms with van der Waals surface area (Å²) in [5, 5.41) is 14.3. The SMILES string of the molecule is N#CC(=NNc1cccc2ccccc12)C(N)=O. The molecule has 18 heavy (non-hydrogen) atoms. The first-order valence-electron chi connectivity index (χ1n) is 5.23. The Bertz CT molecular complexity index is 665. The van der Waals surface area contributed by atoms with Crippen LogP contribution in [0, 0.1) is 11.3 Å². The number of amides is 1. The summed E-state index contributed by atoms with van der Waals surface area (Å²) in [4.78, 5) is 10.8. The lowest BCUT2D eigenvalue weighted by Gasteiger charge is -2.05. The molecule has 0 aliphatic carbocycles. The Kier molecular flexibility index (Phi) is 3.21. The number of anilines is 1. The lowest BCUT2D eigenvalue weighted by Crippen LogP contribution is -2.22. The van der Waals surface area contributed by atoms with Crippen LogP contribution in [0.15, 0.2) is 47.6 Å². The van der Waals surface area contributed by atoms with Gasteiger partial charge in [-0.25, -0.2) is 0 Å². The summed E-state index contributed by atoms with van der Waals surface area (Å²) in [7, 11) is 0. The molecule has 0 saturated heterocycles. The summed E-state index contributed by atoms with van der Waals surface area (Å²) < 4.78 is 0. The van der Waals surface area contributed by atoms with Crippen molar-refractivity contribution in [3.63, 3.8) is 0 Å². The van der Waals surface area contributed by atoms with Gasteiger partial charge in [0.2, 0.25) is 5.71 Å². The van der Waals surface area contributed by atoms with Crippen LogP contribution < -0.4 is 11.2 Å². The minimum atomic E-state index is -0.856. The highest BCUT2D eigenvalue weighted by Gasteiger charge is 2.05. The van der Waals surface area contributed by atoms with E-state index in [1.807, 2.05) is 42.5 Å². The normalized spacial score (nSPS) is 10.9. The molecule has 0 fully saturated rings.